The number of benzene rings is 2. The van der Waals surface area contributed by atoms with Gasteiger partial charge in [-0.3, -0.25) is 4.79 Å². The Morgan fingerprint density at radius 1 is 1.08 bits per heavy atom. The van der Waals surface area contributed by atoms with Gasteiger partial charge in [0, 0.05) is 23.5 Å². The van der Waals surface area contributed by atoms with E-state index in [-0.39, 0.29) is 5.91 Å². The fourth-order valence-corrected chi connectivity index (χ4v) is 2.37. The number of para-hydroxylation sites is 1. The fraction of sp³-hybridized carbons (Fsp3) is 0.158. The Morgan fingerprint density at radius 3 is 2.67 bits per heavy atom. The van der Waals surface area contributed by atoms with Crippen molar-refractivity contribution in [1.29, 1.82) is 0 Å². The Hall–Kier alpha value is -3.08. The van der Waals surface area contributed by atoms with Crippen LogP contribution in [0, 0.1) is 0 Å². The molecule has 122 valence electrons. The number of nitrogens with zero attached hydrogens (tertiary/aromatic N) is 2. The molecule has 3 aromatic rings. The average Bonchev–Trinajstić information content (AvgIpc) is 3.13. The van der Waals surface area contributed by atoms with Crippen molar-refractivity contribution in [2.24, 2.45) is 0 Å². The lowest BCUT2D eigenvalue weighted by molar-refractivity contribution is 0.0947. The summed E-state index contributed by atoms with van der Waals surface area (Å²) in [7, 11) is 0. The van der Waals surface area contributed by atoms with E-state index < -0.39 is 0 Å². The summed E-state index contributed by atoms with van der Waals surface area (Å²) in [5.74, 6) is 0.728. The van der Waals surface area contributed by atoms with E-state index in [0.717, 1.165) is 11.3 Å². The molecule has 0 fully saturated rings. The normalized spacial score (nSPS) is 10.3. The van der Waals surface area contributed by atoms with E-state index in [0.29, 0.717) is 25.3 Å². The molecule has 1 N–H and O–H groups in total. The molecule has 0 aliphatic heterocycles. The number of ether oxygens (including phenoxy) is 1. The topological polar surface area (TPSA) is 56.1 Å². The van der Waals surface area contributed by atoms with Crippen LogP contribution in [-0.4, -0.2) is 28.6 Å². The molecule has 0 radical (unpaired) electrons. The number of hydrogen-bond donors (Lipinski definition) is 1. The van der Waals surface area contributed by atoms with Crippen LogP contribution < -0.4 is 10.1 Å². The van der Waals surface area contributed by atoms with Gasteiger partial charge < -0.3 is 14.6 Å². The minimum absolute atomic E-state index is 0.0918. The van der Waals surface area contributed by atoms with E-state index in [2.05, 4.69) is 10.3 Å². The third-order valence-electron chi connectivity index (χ3n) is 3.57. The lowest BCUT2D eigenvalue weighted by Gasteiger charge is -2.12. The van der Waals surface area contributed by atoms with Crippen LogP contribution >= 0.6 is 0 Å². The predicted molar refractivity (Wildman–Crippen MR) is 92.0 cm³/mol. The molecule has 0 saturated heterocycles. The summed E-state index contributed by atoms with van der Waals surface area (Å²) < 4.78 is 7.81. The Morgan fingerprint density at radius 2 is 1.88 bits per heavy atom. The number of hydrogen-bond acceptors (Lipinski definition) is 3. The van der Waals surface area contributed by atoms with Gasteiger partial charge in [-0.25, -0.2) is 4.98 Å². The molecule has 5 nitrogen and oxygen atoms in total. The highest BCUT2D eigenvalue weighted by Crippen LogP contribution is 2.18. The maximum Gasteiger partial charge on any atom is 0.251 e. The van der Waals surface area contributed by atoms with Gasteiger partial charge in [-0.2, -0.15) is 0 Å². The molecule has 2 aromatic carbocycles. The van der Waals surface area contributed by atoms with Gasteiger partial charge in [-0.05, 0) is 18.2 Å². The first-order valence-electron chi connectivity index (χ1n) is 7.82. The highest BCUT2D eigenvalue weighted by atomic mass is 16.5. The zero-order chi connectivity index (χ0) is 16.6. The minimum Gasteiger partial charge on any atom is -0.491 e. The van der Waals surface area contributed by atoms with Gasteiger partial charge in [-0.15, -0.1) is 0 Å². The van der Waals surface area contributed by atoms with E-state index in [1.54, 1.807) is 24.7 Å². The van der Waals surface area contributed by atoms with Crippen molar-refractivity contribution >= 4 is 5.91 Å². The van der Waals surface area contributed by atoms with Crippen molar-refractivity contribution in [3.63, 3.8) is 0 Å². The number of carbonyl (C=O) groups is 1. The summed E-state index contributed by atoms with van der Waals surface area (Å²) in [4.78, 5) is 16.0. The van der Waals surface area contributed by atoms with E-state index in [1.165, 1.54) is 0 Å². The molecular weight excluding hydrogens is 302 g/mol. The van der Waals surface area contributed by atoms with E-state index in [4.69, 9.17) is 4.74 Å². The maximum absolute atomic E-state index is 12.0. The first-order valence-corrected chi connectivity index (χ1v) is 7.82. The second-order valence-corrected chi connectivity index (χ2v) is 5.31. The predicted octanol–water partition coefficient (Wildman–Crippen LogP) is 2.74. The lowest BCUT2D eigenvalue weighted by atomic mass is 10.2. The van der Waals surface area contributed by atoms with Crippen LogP contribution in [0.2, 0.25) is 0 Å². The Balaban J connectivity index is 1.51. The number of imidazole rings is 1. The van der Waals surface area contributed by atoms with Crippen molar-refractivity contribution in [2.45, 2.75) is 6.54 Å². The van der Waals surface area contributed by atoms with Crippen LogP contribution in [0.5, 0.6) is 5.75 Å². The Labute approximate surface area is 140 Å². The molecule has 0 atom stereocenters. The number of nitrogens with one attached hydrogen (secondary N) is 1. The zero-order valence-corrected chi connectivity index (χ0v) is 13.3. The molecule has 0 bridgehead atoms. The van der Waals surface area contributed by atoms with Crippen molar-refractivity contribution < 1.29 is 9.53 Å². The Kier molecular flexibility index (Phi) is 5.24. The fourth-order valence-electron chi connectivity index (χ4n) is 2.37. The molecule has 0 aliphatic carbocycles. The van der Waals surface area contributed by atoms with Crippen LogP contribution in [0.3, 0.4) is 0 Å². The van der Waals surface area contributed by atoms with Crippen molar-refractivity contribution in [2.75, 3.05) is 13.2 Å². The summed E-state index contributed by atoms with van der Waals surface area (Å²) in [6.07, 6.45) is 5.44. The quantitative estimate of drug-likeness (QED) is 0.681. The summed E-state index contributed by atoms with van der Waals surface area (Å²) in [5.41, 5.74) is 1.72. The molecular formula is C19H19N3O2. The highest BCUT2D eigenvalue weighted by molar-refractivity contribution is 5.94. The summed E-state index contributed by atoms with van der Waals surface area (Å²) in [6.45, 7) is 1.57. The standard InChI is InChI=1S/C19H19N3O2/c23-19(16-6-2-1-3-7-16)21-11-13-24-18-9-5-4-8-17(18)14-22-12-10-20-15-22/h1-10,12,15H,11,13-14H2,(H,21,23). The lowest BCUT2D eigenvalue weighted by Crippen LogP contribution is -2.28. The molecule has 1 aromatic heterocycles. The molecule has 0 aliphatic rings. The number of aromatic nitrogens is 2. The zero-order valence-electron chi connectivity index (χ0n) is 13.3. The maximum atomic E-state index is 12.0. The SMILES string of the molecule is O=C(NCCOc1ccccc1Cn1ccnc1)c1ccccc1. The van der Waals surface area contributed by atoms with Gasteiger partial charge in [-0.1, -0.05) is 36.4 Å². The summed E-state index contributed by atoms with van der Waals surface area (Å²) >= 11 is 0. The molecule has 3 rings (SSSR count). The Bertz CT molecular complexity index is 770. The van der Waals surface area contributed by atoms with Crippen LogP contribution in [0.4, 0.5) is 0 Å². The van der Waals surface area contributed by atoms with Crippen LogP contribution in [0.15, 0.2) is 73.3 Å². The van der Waals surface area contributed by atoms with E-state index in [1.807, 2.05) is 53.2 Å². The van der Waals surface area contributed by atoms with Gasteiger partial charge in [0.05, 0.1) is 19.4 Å². The van der Waals surface area contributed by atoms with E-state index >= 15 is 0 Å². The molecule has 0 spiro atoms. The van der Waals surface area contributed by atoms with Crippen LogP contribution in [0.25, 0.3) is 0 Å². The largest absolute Gasteiger partial charge is 0.491 e. The van der Waals surface area contributed by atoms with Crippen LogP contribution in [0.1, 0.15) is 15.9 Å². The smallest absolute Gasteiger partial charge is 0.251 e. The third kappa shape index (κ3) is 4.23. The van der Waals surface area contributed by atoms with Crippen molar-refractivity contribution in [3.05, 3.63) is 84.4 Å². The van der Waals surface area contributed by atoms with Gasteiger partial charge >= 0.3 is 0 Å². The minimum atomic E-state index is -0.0918. The second-order valence-electron chi connectivity index (χ2n) is 5.31. The van der Waals surface area contributed by atoms with Crippen molar-refractivity contribution in [1.82, 2.24) is 14.9 Å². The van der Waals surface area contributed by atoms with Gasteiger partial charge in [0.25, 0.3) is 5.91 Å². The first kappa shape index (κ1) is 15.8. The van der Waals surface area contributed by atoms with Crippen LogP contribution in [-0.2, 0) is 6.54 Å². The average molecular weight is 321 g/mol. The molecule has 1 amide bonds. The molecule has 0 saturated carbocycles. The number of carbonyl (C=O) groups excluding carboxylic acids is 1. The number of rotatable bonds is 7. The second kappa shape index (κ2) is 7.97. The van der Waals surface area contributed by atoms with Gasteiger partial charge in [0.1, 0.15) is 12.4 Å². The monoisotopic (exact) mass is 321 g/mol. The van der Waals surface area contributed by atoms with Gasteiger partial charge in [0.2, 0.25) is 0 Å². The number of amides is 1. The first-order chi connectivity index (χ1) is 11.8. The molecule has 5 heteroatoms. The van der Waals surface area contributed by atoms with Crippen molar-refractivity contribution in [3.8, 4) is 5.75 Å². The summed E-state index contributed by atoms with van der Waals surface area (Å²) in [6, 6.07) is 17.0. The highest BCUT2D eigenvalue weighted by Gasteiger charge is 2.06. The van der Waals surface area contributed by atoms with E-state index in [9.17, 15) is 4.79 Å². The molecule has 24 heavy (non-hydrogen) atoms. The summed E-state index contributed by atoms with van der Waals surface area (Å²) in [5, 5.41) is 2.86. The molecule has 1 heterocycles. The van der Waals surface area contributed by atoms with Gasteiger partial charge in [0.15, 0.2) is 0 Å². The third-order valence-corrected chi connectivity index (χ3v) is 3.57. The molecule has 0 unspecified atom stereocenters.